The molecule has 3 fully saturated rings. The number of ether oxygens (including phenoxy) is 2. The Kier molecular flexibility index (Phi) is 8.64. The van der Waals surface area contributed by atoms with E-state index in [0.29, 0.717) is 0 Å². The Morgan fingerprint density at radius 3 is 2.59 bits per heavy atom. The average molecular weight is 518 g/mol. The maximum atomic E-state index is 5.99. The van der Waals surface area contributed by atoms with Crippen molar-refractivity contribution in [3.05, 3.63) is 23.7 Å². The summed E-state index contributed by atoms with van der Waals surface area (Å²) in [5, 5.41) is 3.61. The summed E-state index contributed by atoms with van der Waals surface area (Å²) in [6, 6.07) is 4.41. The van der Waals surface area contributed by atoms with Crippen LogP contribution in [0.3, 0.4) is 0 Å². The molecule has 1 N–H and O–H groups in total. The number of rotatable bonds is 5. The van der Waals surface area contributed by atoms with Crippen LogP contribution in [0.25, 0.3) is 0 Å². The zero-order valence-electron chi connectivity index (χ0n) is 17.6. The predicted molar refractivity (Wildman–Crippen MR) is 124 cm³/mol. The molecule has 0 aromatic carbocycles. The molecule has 1 aromatic rings. The number of nitrogens with zero attached hydrogens (tertiary/aromatic N) is 3. The smallest absolute Gasteiger partial charge is 0.193 e. The Balaban J connectivity index is 0.00000240. The zero-order chi connectivity index (χ0) is 19.3. The van der Waals surface area contributed by atoms with Crippen LogP contribution in [0.2, 0.25) is 0 Å². The highest BCUT2D eigenvalue weighted by Crippen LogP contribution is 2.26. The van der Waals surface area contributed by atoms with E-state index < -0.39 is 0 Å². The minimum Gasteiger partial charge on any atom is -0.465 e. The number of halogens is 1. The number of guanidine groups is 1. The summed E-state index contributed by atoms with van der Waals surface area (Å²) in [4.78, 5) is 9.39. The highest BCUT2D eigenvalue weighted by molar-refractivity contribution is 14.0. The second-order valence-corrected chi connectivity index (χ2v) is 8.04. The second-order valence-electron chi connectivity index (χ2n) is 8.04. The molecule has 4 rings (SSSR count). The molecule has 3 unspecified atom stereocenters. The van der Waals surface area contributed by atoms with E-state index in [0.717, 1.165) is 76.3 Å². The minimum absolute atomic E-state index is 0. The first kappa shape index (κ1) is 22.8. The Morgan fingerprint density at radius 2 is 1.93 bits per heavy atom. The van der Waals surface area contributed by atoms with Crippen LogP contribution in [0.15, 0.2) is 21.5 Å². The van der Waals surface area contributed by atoms with Gasteiger partial charge < -0.3 is 24.1 Å². The summed E-state index contributed by atoms with van der Waals surface area (Å²) < 4.78 is 17.8. The Labute approximate surface area is 191 Å². The van der Waals surface area contributed by atoms with Crippen LogP contribution in [0.1, 0.15) is 43.2 Å². The van der Waals surface area contributed by atoms with Crippen molar-refractivity contribution in [1.82, 2.24) is 15.1 Å². The van der Waals surface area contributed by atoms with Crippen LogP contribution in [0.5, 0.6) is 0 Å². The van der Waals surface area contributed by atoms with Gasteiger partial charge in [0.05, 0.1) is 18.8 Å². The monoisotopic (exact) mass is 518 g/mol. The number of morpholine rings is 1. The maximum absolute atomic E-state index is 5.99. The molecule has 8 heteroatoms. The largest absolute Gasteiger partial charge is 0.465 e. The Hall–Kier alpha value is -0.840. The fraction of sp³-hybridized carbons (Fsp3) is 0.762. The van der Waals surface area contributed by atoms with Gasteiger partial charge in [-0.25, -0.2) is 0 Å². The lowest BCUT2D eigenvalue weighted by Crippen LogP contribution is -2.54. The molecule has 3 aliphatic heterocycles. The van der Waals surface area contributed by atoms with Crippen LogP contribution in [0.4, 0.5) is 0 Å². The van der Waals surface area contributed by atoms with Gasteiger partial charge in [-0.3, -0.25) is 9.89 Å². The zero-order valence-corrected chi connectivity index (χ0v) is 20.0. The SMILES string of the molecule is CN=C(NCC(c1ccc(C)o1)N1CCCC1)N1CCOC(C2CCCO2)C1.I. The average Bonchev–Trinajstić information content (AvgIpc) is 3.48. The molecule has 3 aliphatic rings. The molecule has 4 heterocycles. The van der Waals surface area contributed by atoms with Crippen molar-refractivity contribution in [1.29, 1.82) is 0 Å². The van der Waals surface area contributed by atoms with Crippen LogP contribution in [0, 0.1) is 6.92 Å². The topological polar surface area (TPSA) is 62.5 Å². The number of furan rings is 1. The highest BCUT2D eigenvalue weighted by Gasteiger charge is 2.33. The molecule has 7 nitrogen and oxygen atoms in total. The first-order valence-electron chi connectivity index (χ1n) is 10.7. The lowest BCUT2D eigenvalue weighted by molar-refractivity contribution is -0.0817. The van der Waals surface area contributed by atoms with Crippen LogP contribution >= 0.6 is 24.0 Å². The quantitative estimate of drug-likeness (QED) is 0.368. The van der Waals surface area contributed by atoms with E-state index in [1.54, 1.807) is 0 Å². The molecule has 0 aliphatic carbocycles. The van der Waals surface area contributed by atoms with Crippen LogP contribution in [-0.2, 0) is 9.47 Å². The van der Waals surface area contributed by atoms with Crippen molar-refractivity contribution in [2.45, 2.75) is 50.9 Å². The van der Waals surface area contributed by atoms with E-state index in [1.807, 2.05) is 14.0 Å². The van der Waals surface area contributed by atoms with Gasteiger partial charge in [0, 0.05) is 33.3 Å². The van der Waals surface area contributed by atoms with Gasteiger partial charge in [-0.2, -0.15) is 0 Å². The molecule has 3 saturated heterocycles. The third-order valence-corrected chi connectivity index (χ3v) is 6.11. The van der Waals surface area contributed by atoms with E-state index in [2.05, 4.69) is 32.2 Å². The summed E-state index contributed by atoms with van der Waals surface area (Å²) >= 11 is 0. The number of nitrogens with one attached hydrogen (secondary N) is 1. The molecule has 164 valence electrons. The lowest BCUT2D eigenvalue weighted by atomic mass is 10.1. The van der Waals surface area contributed by atoms with E-state index in [1.165, 1.54) is 12.8 Å². The molecular weight excluding hydrogens is 483 g/mol. The lowest BCUT2D eigenvalue weighted by Gasteiger charge is -2.37. The molecule has 0 amide bonds. The predicted octanol–water partition coefficient (Wildman–Crippen LogP) is 2.80. The van der Waals surface area contributed by atoms with Crippen molar-refractivity contribution < 1.29 is 13.9 Å². The van der Waals surface area contributed by atoms with Crippen LogP contribution < -0.4 is 5.32 Å². The molecule has 0 radical (unpaired) electrons. The third-order valence-electron chi connectivity index (χ3n) is 6.11. The Bertz CT molecular complexity index is 656. The molecular formula is C21H35IN4O3. The molecule has 1 aromatic heterocycles. The van der Waals surface area contributed by atoms with Gasteiger partial charge in [-0.05, 0) is 57.8 Å². The van der Waals surface area contributed by atoms with Gasteiger partial charge in [0.2, 0.25) is 0 Å². The number of likely N-dealkylation sites (tertiary alicyclic amines) is 1. The second kappa shape index (κ2) is 11.0. The highest BCUT2D eigenvalue weighted by atomic mass is 127. The number of aryl methyl sites for hydroxylation is 1. The number of aliphatic imine (C=N–C) groups is 1. The summed E-state index contributed by atoms with van der Waals surface area (Å²) in [5.74, 6) is 2.96. The molecule has 0 spiro atoms. The third kappa shape index (κ3) is 5.65. The van der Waals surface area contributed by atoms with Gasteiger partial charge in [0.25, 0.3) is 0 Å². The van der Waals surface area contributed by atoms with Gasteiger partial charge in [-0.1, -0.05) is 0 Å². The number of hydrogen-bond acceptors (Lipinski definition) is 5. The first-order valence-corrected chi connectivity index (χ1v) is 10.7. The first-order chi connectivity index (χ1) is 13.7. The van der Waals surface area contributed by atoms with E-state index >= 15 is 0 Å². The van der Waals surface area contributed by atoms with Crippen molar-refractivity contribution in [3.63, 3.8) is 0 Å². The summed E-state index contributed by atoms with van der Waals surface area (Å²) in [7, 11) is 1.86. The summed E-state index contributed by atoms with van der Waals surface area (Å²) in [6.45, 7) is 8.33. The van der Waals surface area contributed by atoms with Gasteiger partial charge in [0.1, 0.15) is 17.6 Å². The van der Waals surface area contributed by atoms with Crippen molar-refractivity contribution in [2.24, 2.45) is 4.99 Å². The molecule has 3 atom stereocenters. The molecule has 29 heavy (non-hydrogen) atoms. The standard InChI is InChI=1S/C21H34N4O3.HI/c1-16-7-8-18(28-16)17(24-9-3-4-10-24)14-23-21(22-2)25-11-13-27-20(15-25)19-6-5-12-26-19;/h7-8,17,19-20H,3-6,9-15H2,1-2H3,(H,22,23);1H. The van der Waals surface area contributed by atoms with Crippen molar-refractivity contribution in [2.75, 3.05) is 53.0 Å². The Morgan fingerprint density at radius 1 is 1.14 bits per heavy atom. The summed E-state index contributed by atoms with van der Waals surface area (Å²) in [6.07, 6.45) is 5.12. The van der Waals surface area contributed by atoms with E-state index in [4.69, 9.17) is 13.9 Å². The van der Waals surface area contributed by atoms with Crippen molar-refractivity contribution in [3.8, 4) is 0 Å². The maximum Gasteiger partial charge on any atom is 0.193 e. The van der Waals surface area contributed by atoms with Crippen LogP contribution in [-0.4, -0.2) is 81.0 Å². The minimum atomic E-state index is 0. The molecule has 0 saturated carbocycles. The fourth-order valence-electron chi connectivity index (χ4n) is 4.60. The van der Waals surface area contributed by atoms with Crippen molar-refractivity contribution >= 4 is 29.9 Å². The van der Waals surface area contributed by atoms with E-state index in [-0.39, 0.29) is 42.2 Å². The van der Waals surface area contributed by atoms with Gasteiger partial charge in [-0.15, -0.1) is 24.0 Å². The number of hydrogen-bond donors (Lipinski definition) is 1. The molecule has 0 bridgehead atoms. The van der Waals surface area contributed by atoms with E-state index in [9.17, 15) is 0 Å². The normalized spacial score (nSPS) is 27.1. The summed E-state index contributed by atoms with van der Waals surface area (Å²) in [5.41, 5.74) is 0. The van der Waals surface area contributed by atoms with Gasteiger partial charge in [0.15, 0.2) is 5.96 Å². The fourth-order valence-corrected chi connectivity index (χ4v) is 4.60. The van der Waals surface area contributed by atoms with Gasteiger partial charge >= 0.3 is 0 Å².